The molecule has 1 heterocycles. The molecule has 0 aliphatic heterocycles. The molecule has 0 bridgehead atoms. The lowest BCUT2D eigenvalue weighted by Crippen LogP contribution is -2.06. The maximum atomic E-state index is 6.13. The quantitative estimate of drug-likeness (QED) is 0.658. The SMILES string of the molecule is CC(Nc1cc(I)ccc1Cl)c1ccc(Br)o1. The summed E-state index contributed by atoms with van der Waals surface area (Å²) in [4.78, 5) is 0. The van der Waals surface area contributed by atoms with E-state index in [0.717, 1.165) is 19.7 Å². The molecule has 0 saturated heterocycles. The van der Waals surface area contributed by atoms with E-state index >= 15 is 0 Å². The predicted octanol–water partition coefficient (Wildman–Crippen LogP) is 5.47. The second-order valence-corrected chi connectivity index (χ2v) is 6.07. The first-order valence-electron chi connectivity index (χ1n) is 5.03. The maximum Gasteiger partial charge on any atom is 0.169 e. The molecule has 1 unspecified atom stereocenters. The van der Waals surface area contributed by atoms with Gasteiger partial charge in [-0.1, -0.05) is 11.6 Å². The molecule has 0 saturated carbocycles. The Hall–Kier alpha value is -0.200. The van der Waals surface area contributed by atoms with Crippen LogP contribution in [0.4, 0.5) is 5.69 Å². The molecular formula is C12H10BrClINO. The minimum absolute atomic E-state index is 0.0667. The minimum atomic E-state index is 0.0667. The van der Waals surface area contributed by atoms with E-state index in [2.05, 4.69) is 43.8 Å². The van der Waals surface area contributed by atoms with E-state index in [0.29, 0.717) is 5.02 Å². The summed E-state index contributed by atoms with van der Waals surface area (Å²) < 4.78 is 7.37. The number of hydrogen-bond donors (Lipinski definition) is 1. The highest BCUT2D eigenvalue weighted by molar-refractivity contribution is 14.1. The van der Waals surface area contributed by atoms with Crippen LogP contribution in [0.1, 0.15) is 18.7 Å². The van der Waals surface area contributed by atoms with Crippen LogP contribution in [0.25, 0.3) is 0 Å². The highest BCUT2D eigenvalue weighted by Crippen LogP contribution is 2.29. The highest BCUT2D eigenvalue weighted by Gasteiger charge is 2.11. The van der Waals surface area contributed by atoms with Crippen LogP contribution in [0.3, 0.4) is 0 Å². The smallest absolute Gasteiger partial charge is 0.169 e. The molecule has 17 heavy (non-hydrogen) atoms. The second-order valence-electron chi connectivity index (χ2n) is 3.63. The first-order chi connectivity index (χ1) is 8.06. The van der Waals surface area contributed by atoms with Crippen molar-refractivity contribution in [2.75, 3.05) is 5.32 Å². The Morgan fingerprint density at radius 2 is 2.12 bits per heavy atom. The summed E-state index contributed by atoms with van der Waals surface area (Å²) in [6.45, 7) is 2.03. The normalized spacial score (nSPS) is 12.5. The van der Waals surface area contributed by atoms with E-state index in [-0.39, 0.29) is 6.04 Å². The summed E-state index contributed by atoms with van der Waals surface area (Å²) in [6.07, 6.45) is 0. The van der Waals surface area contributed by atoms with Gasteiger partial charge < -0.3 is 9.73 Å². The van der Waals surface area contributed by atoms with Crippen LogP contribution in [0.5, 0.6) is 0 Å². The minimum Gasteiger partial charge on any atom is -0.452 e. The monoisotopic (exact) mass is 425 g/mol. The van der Waals surface area contributed by atoms with Crippen molar-refractivity contribution in [3.8, 4) is 0 Å². The van der Waals surface area contributed by atoms with Crippen molar-refractivity contribution < 1.29 is 4.42 Å². The van der Waals surface area contributed by atoms with Crippen molar-refractivity contribution in [2.24, 2.45) is 0 Å². The lowest BCUT2D eigenvalue weighted by Gasteiger charge is -2.14. The third-order valence-corrected chi connectivity index (χ3v) is 3.75. The number of hydrogen-bond acceptors (Lipinski definition) is 2. The zero-order valence-electron chi connectivity index (χ0n) is 9.01. The average Bonchev–Trinajstić information content (AvgIpc) is 2.70. The number of anilines is 1. The Balaban J connectivity index is 2.18. The first kappa shape index (κ1) is 13.2. The summed E-state index contributed by atoms with van der Waals surface area (Å²) in [5, 5.41) is 4.04. The Bertz CT molecular complexity index is 529. The molecule has 5 heteroatoms. The van der Waals surface area contributed by atoms with Crippen LogP contribution in [-0.2, 0) is 0 Å². The number of nitrogens with one attached hydrogen (secondary N) is 1. The molecule has 1 atom stereocenters. The van der Waals surface area contributed by atoms with Crippen LogP contribution < -0.4 is 5.32 Å². The molecule has 2 aromatic rings. The van der Waals surface area contributed by atoms with Gasteiger partial charge in [0.25, 0.3) is 0 Å². The van der Waals surface area contributed by atoms with Gasteiger partial charge in [0, 0.05) is 3.57 Å². The van der Waals surface area contributed by atoms with Crippen LogP contribution >= 0.6 is 50.1 Å². The molecule has 0 radical (unpaired) electrons. The summed E-state index contributed by atoms with van der Waals surface area (Å²) in [5.41, 5.74) is 0.915. The van der Waals surface area contributed by atoms with E-state index < -0.39 is 0 Å². The summed E-state index contributed by atoms with van der Waals surface area (Å²) in [6, 6.07) is 9.75. The van der Waals surface area contributed by atoms with Gasteiger partial charge in [-0.2, -0.15) is 0 Å². The Morgan fingerprint density at radius 3 is 2.76 bits per heavy atom. The zero-order chi connectivity index (χ0) is 12.4. The van der Waals surface area contributed by atoms with Crippen LogP contribution in [0, 0.1) is 3.57 Å². The summed E-state index contributed by atoms with van der Waals surface area (Å²) in [7, 11) is 0. The molecule has 1 N–H and O–H groups in total. The molecule has 2 rings (SSSR count). The van der Waals surface area contributed by atoms with Crippen molar-refractivity contribution in [1.29, 1.82) is 0 Å². The fraction of sp³-hybridized carbons (Fsp3) is 0.167. The first-order valence-corrected chi connectivity index (χ1v) is 7.28. The molecular weight excluding hydrogens is 416 g/mol. The molecule has 1 aromatic heterocycles. The third kappa shape index (κ3) is 3.39. The summed E-state index contributed by atoms with van der Waals surface area (Å²) in [5.74, 6) is 0.867. The second kappa shape index (κ2) is 5.63. The van der Waals surface area contributed by atoms with Crippen molar-refractivity contribution >= 4 is 55.8 Å². The van der Waals surface area contributed by atoms with Gasteiger partial charge in [0.15, 0.2) is 4.67 Å². The molecule has 0 fully saturated rings. The lowest BCUT2D eigenvalue weighted by molar-refractivity contribution is 0.471. The van der Waals surface area contributed by atoms with Gasteiger partial charge in [-0.15, -0.1) is 0 Å². The van der Waals surface area contributed by atoms with Gasteiger partial charge >= 0.3 is 0 Å². The molecule has 90 valence electrons. The lowest BCUT2D eigenvalue weighted by atomic mass is 10.2. The van der Waals surface area contributed by atoms with E-state index in [1.807, 2.05) is 37.3 Å². The van der Waals surface area contributed by atoms with Gasteiger partial charge in [-0.3, -0.25) is 0 Å². The van der Waals surface area contributed by atoms with Crippen LogP contribution in [0.2, 0.25) is 5.02 Å². The molecule has 0 aliphatic rings. The van der Waals surface area contributed by atoms with Crippen LogP contribution in [-0.4, -0.2) is 0 Å². The average molecular weight is 426 g/mol. The maximum absolute atomic E-state index is 6.13. The molecule has 1 aromatic carbocycles. The van der Waals surface area contributed by atoms with Crippen molar-refractivity contribution in [1.82, 2.24) is 0 Å². The van der Waals surface area contributed by atoms with E-state index in [1.165, 1.54) is 0 Å². The standard InChI is InChI=1S/C12H10BrClINO/c1-7(11-4-5-12(13)17-11)16-10-6-8(15)2-3-9(10)14/h2-7,16H,1H3. The van der Waals surface area contributed by atoms with Crippen LogP contribution in [0.15, 0.2) is 39.4 Å². The fourth-order valence-electron chi connectivity index (χ4n) is 1.47. The van der Waals surface area contributed by atoms with Gasteiger partial charge in [0.05, 0.1) is 16.8 Å². The van der Waals surface area contributed by atoms with E-state index in [9.17, 15) is 0 Å². The van der Waals surface area contributed by atoms with Gasteiger partial charge in [-0.05, 0) is 75.8 Å². The van der Waals surface area contributed by atoms with E-state index in [4.69, 9.17) is 16.0 Å². The Labute approximate surface area is 127 Å². The fourth-order valence-corrected chi connectivity index (χ4v) is 2.46. The van der Waals surface area contributed by atoms with Crippen molar-refractivity contribution in [2.45, 2.75) is 13.0 Å². The van der Waals surface area contributed by atoms with Crippen molar-refractivity contribution in [3.05, 3.63) is 49.4 Å². The van der Waals surface area contributed by atoms with E-state index in [1.54, 1.807) is 0 Å². The molecule has 0 aliphatic carbocycles. The van der Waals surface area contributed by atoms with Gasteiger partial charge in [0.2, 0.25) is 0 Å². The number of rotatable bonds is 3. The molecule has 0 amide bonds. The number of benzene rings is 1. The molecule has 0 spiro atoms. The van der Waals surface area contributed by atoms with Crippen molar-refractivity contribution in [3.63, 3.8) is 0 Å². The third-order valence-electron chi connectivity index (χ3n) is 2.32. The largest absolute Gasteiger partial charge is 0.452 e. The Kier molecular flexibility index (Phi) is 4.38. The summed E-state index contributed by atoms with van der Waals surface area (Å²) >= 11 is 11.7. The highest BCUT2D eigenvalue weighted by atomic mass is 127. The predicted molar refractivity (Wildman–Crippen MR) is 82.6 cm³/mol. The number of furan rings is 1. The Morgan fingerprint density at radius 1 is 1.35 bits per heavy atom. The number of halogens is 3. The van der Waals surface area contributed by atoms with Gasteiger partial charge in [0.1, 0.15) is 5.76 Å². The topological polar surface area (TPSA) is 25.2 Å². The zero-order valence-corrected chi connectivity index (χ0v) is 13.5. The van der Waals surface area contributed by atoms with Gasteiger partial charge in [-0.25, -0.2) is 0 Å². The molecule has 2 nitrogen and oxygen atoms in total.